The molecule has 0 radical (unpaired) electrons. The second-order valence-corrected chi connectivity index (χ2v) is 5.20. The molecule has 7 nitrogen and oxygen atoms in total. The molecule has 3 rings (SSSR count). The van der Waals surface area contributed by atoms with Gasteiger partial charge in [0.2, 0.25) is 5.91 Å². The van der Waals surface area contributed by atoms with Gasteiger partial charge in [0.25, 0.3) is 6.01 Å². The Labute approximate surface area is 134 Å². The Morgan fingerprint density at radius 1 is 1.29 bits per heavy atom. The lowest BCUT2D eigenvalue weighted by Crippen LogP contribution is -2.49. The van der Waals surface area contributed by atoms with Crippen LogP contribution in [0.25, 0.3) is 11.1 Å². The van der Waals surface area contributed by atoms with Gasteiger partial charge in [-0.05, 0) is 12.1 Å². The van der Waals surface area contributed by atoms with Gasteiger partial charge in [0.15, 0.2) is 5.58 Å². The smallest absolute Gasteiger partial charge is 0.423 e. The number of fused-ring (bicyclic) bond motifs is 1. The number of nitrogens with zero attached hydrogens (tertiary/aromatic N) is 3. The first-order valence-corrected chi connectivity index (χ1v) is 7.15. The van der Waals surface area contributed by atoms with Crippen molar-refractivity contribution in [2.24, 2.45) is 0 Å². The summed E-state index contributed by atoms with van der Waals surface area (Å²) in [5.41, 5.74) is 0.592. The number of ether oxygens (including phenoxy) is 1. The third-order valence-electron chi connectivity index (χ3n) is 3.62. The lowest BCUT2D eigenvalue weighted by molar-refractivity contribution is -0.274. The van der Waals surface area contributed by atoms with Crippen LogP contribution in [0.2, 0.25) is 0 Å². The van der Waals surface area contributed by atoms with E-state index in [-0.39, 0.29) is 23.2 Å². The largest absolute Gasteiger partial charge is 0.573 e. The quantitative estimate of drug-likeness (QED) is 0.905. The monoisotopic (exact) mass is 345 g/mol. The van der Waals surface area contributed by atoms with Gasteiger partial charge in [-0.2, -0.15) is 4.98 Å². The van der Waals surface area contributed by atoms with Gasteiger partial charge in [-0.3, -0.25) is 4.79 Å². The van der Waals surface area contributed by atoms with Crippen molar-refractivity contribution in [3.63, 3.8) is 0 Å². The van der Waals surface area contributed by atoms with Gasteiger partial charge < -0.3 is 24.1 Å². The zero-order valence-corrected chi connectivity index (χ0v) is 12.4. The number of piperazine rings is 1. The van der Waals surface area contributed by atoms with Crippen LogP contribution < -0.4 is 9.64 Å². The van der Waals surface area contributed by atoms with Crippen LogP contribution in [-0.4, -0.2) is 60.0 Å². The molecule has 0 aliphatic carbocycles. The number of anilines is 1. The van der Waals surface area contributed by atoms with E-state index >= 15 is 0 Å². The Morgan fingerprint density at radius 2 is 2.00 bits per heavy atom. The molecule has 1 amide bonds. The zero-order valence-electron chi connectivity index (χ0n) is 12.4. The minimum absolute atomic E-state index is 0.251. The summed E-state index contributed by atoms with van der Waals surface area (Å²) in [5, 5.41) is 8.84. The van der Waals surface area contributed by atoms with E-state index in [4.69, 9.17) is 9.52 Å². The molecular weight excluding hydrogens is 331 g/mol. The van der Waals surface area contributed by atoms with E-state index in [9.17, 15) is 18.0 Å². The van der Waals surface area contributed by atoms with Crippen molar-refractivity contribution in [3.05, 3.63) is 18.2 Å². The Balaban J connectivity index is 1.73. The SMILES string of the molecule is O=C(CO)N1CCN(c2nc3cc(OC(F)(F)F)ccc3o2)CC1. The van der Waals surface area contributed by atoms with Gasteiger partial charge in [-0.25, -0.2) is 0 Å². The molecule has 1 fully saturated rings. The molecule has 0 bridgehead atoms. The first kappa shape index (κ1) is 16.4. The standard InChI is InChI=1S/C14H14F3N3O4/c15-14(16,17)24-9-1-2-11-10(7-9)18-13(23-11)20-5-3-19(4-6-20)12(22)8-21/h1-2,7,21H,3-6,8H2. The Kier molecular flexibility index (Phi) is 4.22. The fraction of sp³-hybridized carbons (Fsp3) is 0.429. The van der Waals surface area contributed by atoms with Gasteiger partial charge in [-0.15, -0.1) is 13.2 Å². The van der Waals surface area contributed by atoms with E-state index < -0.39 is 13.0 Å². The molecule has 1 aromatic carbocycles. The summed E-state index contributed by atoms with van der Waals surface area (Å²) in [6, 6.07) is 3.94. The van der Waals surface area contributed by atoms with Gasteiger partial charge >= 0.3 is 6.36 Å². The van der Waals surface area contributed by atoms with Crippen LogP contribution >= 0.6 is 0 Å². The first-order valence-electron chi connectivity index (χ1n) is 7.15. The molecule has 2 aromatic rings. The number of benzene rings is 1. The molecule has 1 saturated heterocycles. The number of aliphatic hydroxyl groups excluding tert-OH is 1. The average molecular weight is 345 g/mol. The maximum Gasteiger partial charge on any atom is 0.573 e. The highest BCUT2D eigenvalue weighted by Crippen LogP contribution is 2.29. The summed E-state index contributed by atoms with van der Waals surface area (Å²) in [6.07, 6.45) is -4.77. The predicted octanol–water partition coefficient (Wildman–Crippen LogP) is 1.37. The van der Waals surface area contributed by atoms with Crippen molar-refractivity contribution >= 4 is 23.0 Å². The second kappa shape index (κ2) is 6.19. The number of amides is 1. The maximum atomic E-state index is 12.2. The highest BCUT2D eigenvalue weighted by Gasteiger charge is 2.31. The predicted molar refractivity (Wildman–Crippen MR) is 76.6 cm³/mol. The Hall–Kier alpha value is -2.49. The molecule has 0 atom stereocenters. The number of hydrogen-bond donors (Lipinski definition) is 1. The molecule has 1 N–H and O–H groups in total. The lowest BCUT2D eigenvalue weighted by atomic mass is 10.3. The van der Waals surface area contributed by atoms with E-state index in [1.54, 1.807) is 4.90 Å². The van der Waals surface area contributed by atoms with Gasteiger partial charge in [-0.1, -0.05) is 0 Å². The fourth-order valence-corrected chi connectivity index (χ4v) is 2.47. The summed E-state index contributed by atoms with van der Waals surface area (Å²) in [4.78, 5) is 18.9. The first-order chi connectivity index (χ1) is 11.4. The molecule has 0 saturated carbocycles. The molecule has 1 aliphatic rings. The molecule has 2 heterocycles. The third-order valence-corrected chi connectivity index (χ3v) is 3.62. The fourth-order valence-electron chi connectivity index (χ4n) is 2.47. The summed E-state index contributed by atoms with van der Waals surface area (Å²) >= 11 is 0. The van der Waals surface area contributed by atoms with Crippen molar-refractivity contribution in [2.75, 3.05) is 37.7 Å². The summed E-state index contributed by atoms with van der Waals surface area (Å²) < 4.78 is 46.1. The molecule has 10 heteroatoms. The zero-order chi connectivity index (χ0) is 17.3. The van der Waals surface area contributed by atoms with Crippen molar-refractivity contribution < 1.29 is 32.2 Å². The van der Waals surface area contributed by atoms with Gasteiger partial charge in [0, 0.05) is 32.2 Å². The normalized spacial score (nSPS) is 15.8. The van der Waals surface area contributed by atoms with Crippen molar-refractivity contribution in [3.8, 4) is 5.75 Å². The number of aliphatic hydroxyl groups is 1. The number of alkyl halides is 3. The number of halogens is 3. The number of hydrogen-bond acceptors (Lipinski definition) is 6. The van der Waals surface area contributed by atoms with Crippen LogP contribution in [0.4, 0.5) is 19.2 Å². The minimum Gasteiger partial charge on any atom is -0.423 e. The van der Waals surface area contributed by atoms with Crippen LogP contribution in [0.1, 0.15) is 0 Å². The van der Waals surface area contributed by atoms with E-state index in [0.29, 0.717) is 31.8 Å². The maximum absolute atomic E-state index is 12.2. The highest BCUT2D eigenvalue weighted by atomic mass is 19.4. The van der Waals surface area contributed by atoms with Crippen molar-refractivity contribution in [2.45, 2.75) is 6.36 Å². The molecular formula is C14H14F3N3O4. The second-order valence-electron chi connectivity index (χ2n) is 5.20. The molecule has 1 aliphatic heterocycles. The Morgan fingerprint density at radius 3 is 2.62 bits per heavy atom. The highest BCUT2D eigenvalue weighted by molar-refractivity contribution is 5.78. The molecule has 0 unspecified atom stereocenters. The lowest BCUT2D eigenvalue weighted by Gasteiger charge is -2.33. The third kappa shape index (κ3) is 3.53. The van der Waals surface area contributed by atoms with Crippen LogP contribution in [0, 0.1) is 0 Å². The molecule has 130 valence electrons. The van der Waals surface area contributed by atoms with Gasteiger partial charge in [0.1, 0.15) is 17.9 Å². The Bertz CT molecular complexity index is 738. The van der Waals surface area contributed by atoms with Crippen LogP contribution in [-0.2, 0) is 4.79 Å². The topological polar surface area (TPSA) is 79.0 Å². The van der Waals surface area contributed by atoms with E-state index in [1.807, 2.05) is 0 Å². The summed E-state index contributed by atoms with van der Waals surface area (Å²) in [5.74, 6) is -0.714. The number of aromatic nitrogens is 1. The summed E-state index contributed by atoms with van der Waals surface area (Å²) in [6.45, 7) is 1.17. The van der Waals surface area contributed by atoms with Gasteiger partial charge in [0.05, 0.1) is 0 Å². The van der Waals surface area contributed by atoms with E-state index in [2.05, 4.69) is 9.72 Å². The average Bonchev–Trinajstić information content (AvgIpc) is 2.96. The summed E-state index contributed by atoms with van der Waals surface area (Å²) in [7, 11) is 0. The minimum atomic E-state index is -4.77. The number of carbonyl (C=O) groups excluding carboxylic acids is 1. The van der Waals surface area contributed by atoms with Crippen LogP contribution in [0.3, 0.4) is 0 Å². The number of carbonyl (C=O) groups is 1. The number of oxazole rings is 1. The van der Waals surface area contributed by atoms with Crippen LogP contribution in [0.15, 0.2) is 22.6 Å². The number of rotatable bonds is 3. The van der Waals surface area contributed by atoms with Crippen molar-refractivity contribution in [1.29, 1.82) is 0 Å². The van der Waals surface area contributed by atoms with E-state index in [1.165, 1.54) is 11.0 Å². The molecule has 24 heavy (non-hydrogen) atoms. The molecule has 0 spiro atoms. The van der Waals surface area contributed by atoms with Crippen LogP contribution in [0.5, 0.6) is 5.75 Å². The van der Waals surface area contributed by atoms with Crippen molar-refractivity contribution in [1.82, 2.24) is 9.88 Å². The van der Waals surface area contributed by atoms with E-state index in [0.717, 1.165) is 12.1 Å². The molecule has 1 aromatic heterocycles.